The lowest BCUT2D eigenvalue weighted by Gasteiger charge is -1.97. The minimum absolute atomic E-state index is 0.336. The second-order valence-electron chi connectivity index (χ2n) is 2.76. The van der Waals surface area contributed by atoms with Gasteiger partial charge in [-0.3, -0.25) is 0 Å². The van der Waals surface area contributed by atoms with Crippen LogP contribution in [0.25, 0.3) is 5.95 Å². The molecule has 0 aromatic carbocycles. The molecule has 0 aliphatic rings. The number of aryl methyl sites for hydroxylation is 1. The Bertz CT molecular complexity index is 494. The minimum atomic E-state index is 0.336. The van der Waals surface area contributed by atoms with Gasteiger partial charge in [-0.05, 0) is 19.1 Å². The van der Waals surface area contributed by atoms with Gasteiger partial charge in [0.1, 0.15) is 11.8 Å². The Balaban J connectivity index is 2.47. The molecule has 14 heavy (non-hydrogen) atoms. The molecule has 5 nitrogen and oxygen atoms in total. The van der Waals surface area contributed by atoms with Crippen LogP contribution in [-0.4, -0.2) is 19.7 Å². The van der Waals surface area contributed by atoms with Gasteiger partial charge in [-0.2, -0.15) is 10.4 Å². The summed E-state index contributed by atoms with van der Waals surface area (Å²) in [6.07, 6.45) is 3.30. The van der Waals surface area contributed by atoms with Gasteiger partial charge in [0.15, 0.2) is 0 Å². The first-order valence-corrected chi connectivity index (χ1v) is 4.05. The molecule has 2 rings (SSSR count). The maximum Gasteiger partial charge on any atom is 0.251 e. The first-order chi connectivity index (χ1) is 6.79. The van der Waals surface area contributed by atoms with E-state index in [9.17, 15) is 0 Å². The predicted molar refractivity (Wildman–Crippen MR) is 48.6 cm³/mol. The van der Waals surface area contributed by atoms with Crippen LogP contribution in [0, 0.1) is 18.3 Å². The number of nitriles is 1. The summed E-state index contributed by atoms with van der Waals surface area (Å²) in [4.78, 5) is 8.01. The van der Waals surface area contributed by atoms with Crippen molar-refractivity contribution in [3.63, 3.8) is 0 Å². The fourth-order valence-electron chi connectivity index (χ4n) is 1.05. The lowest BCUT2D eigenvalue weighted by atomic mass is 10.4. The second kappa shape index (κ2) is 3.26. The maximum atomic E-state index is 8.64. The molecule has 0 N–H and O–H groups in total. The molecule has 0 aliphatic heterocycles. The van der Waals surface area contributed by atoms with Crippen molar-refractivity contribution in [3.8, 4) is 12.0 Å². The van der Waals surface area contributed by atoms with E-state index in [0.717, 1.165) is 5.69 Å². The number of rotatable bonds is 1. The Morgan fingerprint density at radius 1 is 1.43 bits per heavy atom. The Morgan fingerprint density at radius 3 is 2.93 bits per heavy atom. The van der Waals surface area contributed by atoms with E-state index >= 15 is 0 Å². The van der Waals surface area contributed by atoms with Gasteiger partial charge in [0, 0.05) is 12.4 Å². The van der Waals surface area contributed by atoms with Crippen molar-refractivity contribution < 1.29 is 0 Å². The van der Waals surface area contributed by atoms with Crippen LogP contribution in [0.15, 0.2) is 24.5 Å². The van der Waals surface area contributed by atoms with E-state index in [2.05, 4.69) is 15.1 Å². The standard InChI is InChI=1S/C9H7N5/c1-7-3-5-14(13-7)9-11-4-2-8(6-10)12-9/h2-5H,1H3. The van der Waals surface area contributed by atoms with E-state index in [-0.39, 0.29) is 0 Å². The lowest BCUT2D eigenvalue weighted by molar-refractivity contribution is 0.794. The van der Waals surface area contributed by atoms with Gasteiger partial charge in [0.05, 0.1) is 5.69 Å². The highest BCUT2D eigenvalue weighted by molar-refractivity contribution is 5.22. The van der Waals surface area contributed by atoms with Crippen molar-refractivity contribution in [1.29, 1.82) is 5.26 Å². The molecule has 2 aromatic rings. The van der Waals surface area contributed by atoms with E-state index in [1.54, 1.807) is 12.3 Å². The minimum Gasteiger partial charge on any atom is -0.220 e. The van der Waals surface area contributed by atoms with E-state index in [1.807, 2.05) is 19.1 Å². The molecule has 0 spiro atoms. The van der Waals surface area contributed by atoms with E-state index in [4.69, 9.17) is 5.26 Å². The average molecular weight is 185 g/mol. The monoisotopic (exact) mass is 185 g/mol. The van der Waals surface area contributed by atoms with Crippen LogP contribution in [0.5, 0.6) is 0 Å². The van der Waals surface area contributed by atoms with Gasteiger partial charge >= 0.3 is 0 Å². The molecule has 0 aliphatic carbocycles. The molecule has 5 heteroatoms. The highest BCUT2D eigenvalue weighted by Gasteiger charge is 2.01. The Hall–Kier alpha value is -2.22. The Labute approximate surface area is 80.7 Å². The van der Waals surface area contributed by atoms with Gasteiger partial charge in [-0.1, -0.05) is 0 Å². The molecule has 2 aromatic heterocycles. The summed E-state index contributed by atoms with van der Waals surface area (Å²) < 4.78 is 1.54. The summed E-state index contributed by atoms with van der Waals surface area (Å²) in [6, 6.07) is 5.36. The quantitative estimate of drug-likeness (QED) is 0.660. The summed E-state index contributed by atoms with van der Waals surface area (Å²) in [7, 11) is 0. The molecular weight excluding hydrogens is 178 g/mol. The first kappa shape index (κ1) is 8.38. The highest BCUT2D eigenvalue weighted by atomic mass is 15.3. The Morgan fingerprint density at radius 2 is 2.29 bits per heavy atom. The largest absolute Gasteiger partial charge is 0.251 e. The normalized spacial score (nSPS) is 9.71. The van der Waals surface area contributed by atoms with Crippen LogP contribution in [0.3, 0.4) is 0 Å². The molecule has 0 atom stereocenters. The van der Waals surface area contributed by atoms with Crippen molar-refractivity contribution in [2.45, 2.75) is 6.92 Å². The summed E-state index contributed by atoms with van der Waals surface area (Å²) in [5.41, 5.74) is 1.22. The van der Waals surface area contributed by atoms with E-state index in [0.29, 0.717) is 11.6 Å². The summed E-state index contributed by atoms with van der Waals surface area (Å²) >= 11 is 0. The topological polar surface area (TPSA) is 67.4 Å². The van der Waals surface area contributed by atoms with Crippen LogP contribution < -0.4 is 0 Å². The van der Waals surface area contributed by atoms with Crippen molar-refractivity contribution >= 4 is 0 Å². The molecule has 68 valence electrons. The fraction of sp³-hybridized carbons (Fsp3) is 0.111. The zero-order valence-corrected chi connectivity index (χ0v) is 7.55. The third-order valence-electron chi connectivity index (χ3n) is 1.68. The molecule has 0 bridgehead atoms. The third-order valence-corrected chi connectivity index (χ3v) is 1.68. The van der Waals surface area contributed by atoms with Crippen molar-refractivity contribution in [3.05, 3.63) is 35.9 Å². The van der Waals surface area contributed by atoms with Crippen molar-refractivity contribution in [2.24, 2.45) is 0 Å². The Kier molecular flexibility index (Phi) is 1.95. The van der Waals surface area contributed by atoms with Crippen LogP contribution in [-0.2, 0) is 0 Å². The molecule has 0 fully saturated rings. The molecule has 0 saturated carbocycles. The van der Waals surface area contributed by atoms with Gasteiger partial charge in [0.2, 0.25) is 0 Å². The van der Waals surface area contributed by atoms with Crippen LogP contribution >= 0.6 is 0 Å². The highest BCUT2D eigenvalue weighted by Crippen LogP contribution is 2.01. The molecule has 0 radical (unpaired) electrons. The second-order valence-corrected chi connectivity index (χ2v) is 2.76. The first-order valence-electron chi connectivity index (χ1n) is 4.05. The molecule has 0 amide bonds. The van der Waals surface area contributed by atoms with E-state index < -0.39 is 0 Å². The average Bonchev–Trinajstić information content (AvgIpc) is 2.65. The number of hydrogen-bond donors (Lipinski definition) is 0. The predicted octanol–water partition coefficient (Wildman–Crippen LogP) is 0.842. The van der Waals surface area contributed by atoms with Gasteiger partial charge < -0.3 is 0 Å². The molecular formula is C9H7N5. The molecule has 0 saturated heterocycles. The third kappa shape index (κ3) is 1.45. The zero-order chi connectivity index (χ0) is 9.97. The molecule has 0 unspecified atom stereocenters. The summed E-state index contributed by atoms with van der Waals surface area (Å²) in [6.45, 7) is 1.88. The maximum absolute atomic E-state index is 8.64. The fourth-order valence-corrected chi connectivity index (χ4v) is 1.05. The number of hydrogen-bond acceptors (Lipinski definition) is 4. The van der Waals surface area contributed by atoms with Crippen LogP contribution in [0.4, 0.5) is 0 Å². The van der Waals surface area contributed by atoms with Gasteiger partial charge in [-0.25, -0.2) is 14.6 Å². The van der Waals surface area contributed by atoms with Gasteiger partial charge in [-0.15, -0.1) is 0 Å². The van der Waals surface area contributed by atoms with Crippen LogP contribution in [0.2, 0.25) is 0 Å². The number of aromatic nitrogens is 4. The van der Waals surface area contributed by atoms with E-state index in [1.165, 1.54) is 10.9 Å². The number of nitrogens with zero attached hydrogens (tertiary/aromatic N) is 5. The molecule has 2 heterocycles. The van der Waals surface area contributed by atoms with Crippen LogP contribution in [0.1, 0.15) is 11.4 Å². The lowest BCUT2D eigenvalue weighted by Crippen LogP contribution is -2.02. The summed E-state index contributed by atoms with van der Waals surface area (Å²) in [5.74, 6) is 0.414. The summed E-state index contributed by atoms with van der Waals surface area (Å²) in [5, 5.41) is 12.8. The zero-order valence-electron chi connectivity index (χ0n) is 7.55. The van der Waals surface area contributed by atoms with Crippen molar-refractivity contribution in [1.82, 2.24) is 19.7 Å². The van der Waals surface area contributed by atoms with Gasteiger partial charge in [0.25, 0.3) is 5.95 Å². The smallest absolute Gasteiger partial charge is 0.220 e. The van der Waals surface area contributed by atoms with Crippen molar-refractivity contribution in [2.75, 3.05) is 0 Å². The SMILES string of the molecule is Cc1ccn(-c2nccc(C#N)n2)n1.